The molecule has 5 nitrogen and oxygen atoms in total. The number of nitrogens with one attached hydrogen (secondary N) is 2. The topological polar surface area (TPSA) is 63.1 Å². The van der Waals surface area contributed by atoms with Gasteiger partial charge in [0, 0.05) is 34.3 Å². The van der Waals surface area contributed by atoms with E-state index in [-0.39, 0.29) is 17.5 Å². The third kappa shape index (κ3) is 2.99. The molecule has 1 heterocycles. The van der Waals surface area contributed by atoms with E-state index in [1.807, 2.05) is 30.5 Å². The van der Waals surface area contributed by atoms with Crippen LogP contribution in [0.2, 0.25) is 0 Å². The van der Waals surface area contributed by atoms with Gasteiger partial charge in [-0.15, -0.1) is 0 Å². The van der Waals surface area contributed by atoms with Crippen LogP contribution >= 0.6 is 0 Å². The minimum Gasteiger partial charge on any atom is -0.318 e. The summed E-state index contributed by atoms with van der Waals surface area (Å²) in [5.41, 5.74) is 10.3. The van der Waals surface area contributed by atoms with Crippen molar-refractivity contribution in [1.82, 2.24) is 15.4 Å². The van der Waals surface area contributed by atoms with E-state index in [2.05, 4.69) is 10.9 Å². The maximum Gasteiger partial charge on any atom is 0.271 e. The molecule has 0 fully saturated rings. The van der Waals surface area contributed by atoms with Gasteiger partial charge in [-0.05, 0) is 44.2 Å². The van der Waals surface area contributed by atoms with Crippen molar-refractivity contribution in [2.24, 2.45) is 0 Å². The van der Waals surface area contributed by atoms with Crippen LogP contribution in [0.25, 0.3) is 11.4 Å². The van der Waals surface area contributed by atoms with Crippen molar-refractivity contribution < 1.29 is 14.0 Å². The molecule has 2 N–H and O–H groups in total. The van der Waals surface area contributed by atoms with Gasteiger partial charge in [0.25, 0.3) is 5.91 Å². The Bertz CT molecular complexity index is 1130. The van der Waals surface area contributed by atoms with Crippen LogP contribution in [0.5, 0.6) is 0 Å². The SMILES string of the molecule is Cc1cc(C(=O)NNC2=CC(=O)c3ccccc32)c(C)n1-c1ccc(F)cc1. The number of allylic oxidation sites excluding steroid dienone is 1. The van der Waals surface area contributed by atoms with Gasteiger partial charge in [-0.25, -0.2) is 4.39 Å². The van der Waals surface area contributed by atoms with E-state index in [0.717, 1.165) is 22.6 Å². The Hall–Kier alpha value is -3.67. The van der Waals surface area contributed by atoms with Gasteiger partial charge in [0.05, 0.1) is 11.3 Å². The van der Waals surface area contributed by atoms with Crippen molar-refractivity contribution in [2.75, 3.05) is 0 Å². The van der Waals surface area contributed by atoms with E-state index in [0.29, 0.717) is 16.8 Å². The minimum absolute atomic E-state index is 0.0955. The Balaban J connectivity index is 1.55. The quantitative estimate of drug-likeness (QED) is 0.684. The van der Waals surface area contributed by atoms with Gasteiger partial charge in [-0.1, -0.05) is 24.3 Å². The lowest BCUT2D eigenvalue weighted by Crippen LogP contribution is -2.36. The monoisotopic (exact) mass is 375 g/mol. The van der Waals surface area contributed by atoms with Gasteiger partial charge in [-0.2, -0.15) is 0 Å². The summed E-state index contributed by atoms with van der Waals surface area (Å²) in [7, 11) is 0. The first kappa shape index (κ1) is 17.7. The number of fused-ring (bicyclic) bond motifs is 1. The molecule has 1 aromatic heterocycles. The van der Waals surface area contributed by atoms with Crippen molar-refractivity contribution in [3.05, 3.63) is 94.6 Å². The molecule has 1 aliphatic carbocycles. The first-order valence-corrected chi connectivity index (χ1v) is 8.82. The zero-order valence-corrected chi connectivity index (χ0v) is 15.4. The molecule has 2 aromatic carbocycles. The van der Waals surface area contributed by atoms with Crippen molar-refractivity contribution in [2.45, 2.75) is 13.8 Å². The highest BCUT2D eigenvalue weighted by atomic mass is 19.1. The van der Waals surface area contributed by atoms with E-state index in [1.165, 1.54) is 18.2 Å². The normalized spacial score (nSPS) is 12.5. The Morgan fingerprint density at radius 3 is 2.39 bits per heavy atom. The number of aromatic nitrogens is 1. The van der Waals surface area contributed by atoms with Crippen LogP contribution in [-0.2, 0) is 0 Å². The molecular weight excluding hydrogens is 357 g/mol. The lowest BCUT2D eigenvalue weighted by molar-refractivity contribution is 0.0940. The van der Waals surface area contributed by atoms with E-state index in [1.54, 1.807) is 30.3 Å². The van der Waals surface area contributed by atoms with Gasteiger partial charge < -0.3 is 4.57 Å². The molecule has 1 aliphatic rings. The first-order valence-electron chi connectivity index (χ1n) is 8.82. The highest BCUT2D eigenvalue weighted by Crippen LogP contribution is 2.25. The maximum atomic E-state index is 13.2. The average molecular weight is 375 g/mol. The van der Waals surface area contributed by atoms with Crippen LogP contribution in [0.15, 0.2) is 60.7 Å². The molecule has 0 saturated carbocycles. The van der Waals surface area contributed by atoms with Crippen LogP contribution < -0.4 is 10.9 Å². The number of nitrogens with zero attached hydrogens (tertiary/aromatic N) is 1. The van der Waals surface area contributed by atoms with Crippen LogP contribution in [0.1, 0.15) is 37.7 Å². The molecule has 0 spiro atoms. The Kier molecular flexibility index (Phi) is 4.31. The molecule has 3 aromatic rings. The van der Waals surface area contributed by atoms with Crippen LogP contribution in [0, 0.1) is 19.7 Å². The fraction of sp³-hybridized carbons (Fsp3) is 0.0909. The van der Waals surface area contributed by atoms with Crippen LogP contribution in [0.4, 0.5) is 4.39 Å². The summed E-state index contributed by atoms with van der Waals surface area (Å²) in [4.78, 5) is 24.7. The van der Waals surface area contributed by atoms with Crippen molar-refractivity contribution in [3.63, 3.8) is 0 Å². The van der Waals surface area contributed by atoms with Gasteiger partial charge in [0.2, 0.25) is 0 Å². The minimum atomic E-state index is -0.320. The predicted molar refractivity (Wildman–Crippen MR) is 105 cm³/mol. The molecular formula is C22H18FN3O2. The number of carbonyl (C=O) groups excluding carboxylic acids is 2. The Morgan fingerprint density at radius 1 is 1.00 bits per heavy atom. The molecule has 6 heteroatoms. The van der Waals surface area contributed by atoms with Crippen LogP contribution in [0.3, 0.4) is 0 Å². The number of hydrazine groups is 1. The third-order valence-corrected chi connectivity index (χ3v) is 4.83. The molecule has 28 heavy (non-hydrogen) atoms. The largest absolute Gasteiger partial charge is 0.318 e. The highest BCUT2D eigenvalue weighted by Gasteiger charge is 2.22. The summed E-state index contributed by atoms with van der Waals surface area (Å²) in [6.07, 6.45) is 1.47. The lowest BCUT2D eigenvalue weighted by atomic mass is 10.1. The maximum absolute atomic E-state index is 13.2. The number of hydrogen-bond donors (Lipinski definition) is 2. The van der Waals surface area contributed by atoms with Crippen molar-refractivity contribution in [1.29, 1.82) is 0 Å². The number of ketones is 1. The third-order valence-electron chi connectivity index (χ3n) is 4.83. The summed E-state index contributed by atoms with van der Waals surface area (Å²) < 4.78 is 15.1. The van der Waals surface area contributed by atoms with E-state index >= 15 is 0 Å². The first-order chi connectivity index (χ1) is 13.5. The van der Waals surface area contributed by atoms with Crippen LogP contribution in [-0.4, -0.2) is 16.3 Å². The second-order valence-corrected chi connectivity index (χ2v) is 6.64. The number of halogens is 1. The van der Waals surface area contributed by atoms with E-state index in [9.17, 15) is 14.0 Å². The summed E-state index contributed by atoms with van der Waals surface area (Å²) >= 11 is 0. The van der Waals surface area contributed by atoms with Gasteiger partial charge in [0.15, 0.2) is 5.78 Å². The fourth-order valence-corrected chi connectivity index (χ4v) is 3.49. The molecule has 140 valence electrons. The summed E-state index contributed by atoms with van der Waals surface area (Å²) in [5, 5.41) is 0. The zero-order chi connectivity index (χ0) is 19.8. The molecule has 0 atom stereocenters. The number of benzene rings is 2. The van der Waals surface area contributed by atoms with Gasteiger partial charge in [0.1, 0.15) is 5.82 Å². The number of amides is 1. The summed E-state index contributed by atoms with van der Waals surface area (Å²) in [6.45, 7) is 3.72. The van der Waals surface area contributed by atoms with Gasteiger partial charge in [-0.3, -0.25) is 20.4 Å². The van der Waals surface area contributed by atoms with E-state index in [4.69, 9.17) is 0 Å². The molecule has 0 radical (unpaired) electrons. The summed E-state index contributed by atoms with van der Waals surface area (Å²) in [6, 6.07) is 15.1. The second-order valence-electron chi connectivity index (χ2n) is 6.64. The zero-order valence-electron chi connectivity index (χ0n) is 15.4. The molecule has 4 rings (SSSR count). The smallest absolute Gasteiger partial charge is 0.271 e. The Labute approximate surface area is 161 Å². The number of aryl methyl sites for hydroxylation is 1. The Morgan fingerprint density at radius 2 is 1.68 bits per heavy atom. The molecule has 0 aliphatic heterocycles. The molecule has 0 unspecified atom stereocenters. The highest BCUT2D eigenvalue weighted by molar-refractivity contribution is 6.16. The fourth-order valence-electron chi connectivity index (χ4n) is 3.49. The average Bonchev–Trinajstić information content (AvgIpc) is 3.17. The predicted octanol–water partition coefficient (Wildman–Crippen LogP) is 3.71. The van der Waals surface area contributed by atoms with E-state index < -0.39 is 0 Å². The summed E-state index contributed by atoms with van der Waals surface area (Å²) in [5.74, 6) is -0.728. The number of rotatable bonds is 4. The molecule has 0 saturated heterocycles. The molecule has 0 bridgehead atoms. The van der Waals surface area contributed by atoms with Gasteiger partial charge >= 0.3 is 0 Å². The lowest BCUT2D eigenvalue weighted by Gasteiger charge is -2.12. The number of hydrogen-bond acceptors (Lipinski definition) is 3. The standard InChI is InChI=1S/C22H18FN3O2/c1-13-11-19(14(2)26(13)16-9-7-15(23)8-10-16)22(28)25-24-20-12-21(27)18-6-4-3-5-17(18)20/h3-12,24H,1-2H3,(H,25,28). The number of carbonyl (C=O) groups is 2. The molecule has 1 amide bonds. The van der Waals surface area contributed by atoms with Crippen molar-refractivity contribution in [3.8, 4) is 5.69 Å². The van der Waals surface area contributed by atoms with Crippen molar-refractivity contribution >= 4 is 17.4 Å². The second kappa shape index (κ2) is 6.81.